The molecular weight excluding hydrogens is 284 g/mol. The Balaban J connectivity index is 1.58. The van der Waals surface area contributed by atoms with Crippen molar-refractivity contribution in [3.05, 3.63) is 28.8 Å². The van der Waals surface area contributed by atoms with Gasteiger partial charge in [0, 0.05) is 5.02 Å². The summed E-state index contributed by atoms with van der Waals surface area (Å²) in [5.74, 6) is 0.930. The highest BCUT2D eigenvalue weighted by Crippen LogP contribution is 2.54. The van der Waals surface area contributed by atoms with E-state index in [1.807, 2.05) is 12.1 Å². The molecule has 3 aliphatic rings. The molecule has 3 heteroatoms. The second kappa shape index (κ2) is 4.74. The fourth-order valence-electron chi connectivity index (χ4n) is 4.61. The van der Waals surface area contributed by atoms with Crippen LogP contribution in [0.1, 0.15) is 68.1 Å². The van der Waals surface area contributed by atoms with Gasteiger partial charge in [0.15, 0.2) is 5.78 Å². The van der Waals surface area contributed by atoms with Crippen LogP contribution in [0.25, 0.3) is 0 Å². The number of Topliss-reactive ketones (excluding diaryl/α,β-unsaturated/α-hetero) is 1. The van der Waals surface area contributed by atoms with Gasteiger partial charge in [0.25, 0.3) is 0 Å². The van der Waals surface area contributed by atoms with E-state index < -0.39 is 0 Å². The Labute approximate surface area is 130 Å². The molecule has 1 aromatic rings. The molecule has 2 spiro atoms. The Morgan fingerprint density at radius 1 is 1.00 bits per heavy atom. The van der Waals surface area contributed by atoms with Crippen LogP contribution in [0.4, 0.5) is 0 Å². The van der Waals surface area contributed by atoms with E-state index in [2.05, 4.69) is 0 Å². The summed E-state index contributed by atoms with van der Waals surface area (Å²) in [7, 11) is 0. The summed E-state index contributed by atoms with van der Waals surface area (Å²) in [5, 5.41) is 0.607. The first-order valence-corrected chi connectivity index (χ1v) is 8.50. The molecule has 2 nitrogen and oxygen atoms in total. The third-order valence-electron chi connectivity index (χ3n) is 5.94. The van der Waals surface area contributed by atoms with Crippen molar-refractivity contribution in [2.45, 2.75) is 63.4 Å². The van der Waals surface area contributed by atoms with Crippen LogP contribution in [0.5, 0.6) is 5.75 Å². The quantitative estimate of drug-likeness (QED) is 0.660. The van der Waals surface area contributed by atoms with E-state index in [9.17, 15) is 4.79 Å². The van der Waals surface area contributed by atoms with Crippen LogP contribution < -0.4 is 4.74 Å². The molecule has 0 unspecified atom stereocenters. The number of fused-ring (bicyclic) bond motifs is 1. The van der Waals surface area contributed by atoms with E-state index in [1.165, 1.54) is 38.5 Å². The molecule has 1 aromatic carbocycles. The van der Waals surface area contributed by atoms with Crippen LogP contribution >= 0.6 is 11.6 Å². The minimum absolute atomic E-state index is 0.195. The molecule has 2 aliphatic carbocycles. The SMILES string of the molecule is O=C1CC2(CCC3(CCCC3)CC2)Oc2ccc(Cl)cc21. The number of ketones is 1. The van der Waals surface area contributed by atoms with E-state index in [4.69, 9.17) is 16.3 Å². The Hall–Kier alpha value is -1.02. The lowest BCUT2D eigenvalue weighted by molar-refractivity contribution is -0.0199. The third kappa shape index (κ3) is 2.28. The van der Waals surface area contributed by atoms with Gasteiger partial charge in [-0.15, -0.1) is 0 Å². The molecule has 0 atom stereocenters. The maximum atomic E-state index is 12.5. The van der Waals surface area contributed by atoms with E-state index >= 15 is 0 Å². The van der Waals surface area contributed by atoms with Crippen molar-refractivity contribution in [1.82, 2.24) is 0 Å². The van der Waals surface area contributed by atoms with Gasteiger partial charge in [-0.05, 0) is 62.1 Å². The summed E-state index contributed by atoms with van der Waals surface area (Å²) in [4.78, 5) is 12.5. The molecule has 0 saturated heterocycles. The molecule has 21 heavy (non-hydrogen) atoms. The first-order chi connectivity index (χ1) is 10.1. The van der Waals surface area contributed by atoms with Crippen molar-refractivity contribution < 1.29 is 9.53 Å². The van der Waals surface area contributed by atoms with Crippen molar-refractivity contribution >= 4 is 17.4 Å². The summed E-state index contributed by atoms with van der Waals surface area (Å²) in [6.07, 6.45) is 10.6. The Kier molecular flexibility index (Phi) is 3.08. The zero-order valence-electron chi connectivity index (χ0n) is 12.3. The number of ether oxygens (including phenoxy) is 1. The number of carbonyl (C=O) groups is 1. The maximum Gasteiger partial charge on any atom is 0.170 e. The molecule has 2 fully saturated rings. The van der Waals surface area contributed by atoms with Gasteiger partial charge in [-0.25, -0.2) is 0 Å². The highest BCUT2D eigenvalue weighted by molar-refractivity contribution is 6.31. The molecule has 1 aliphatic heterocycles. The number of halogens is 1. The summed E-state index contributed by atoms with van der Waals surface area (Å²) in [5.41, 5.74) is 0.984. The third-order valence-corrected chi connectivity index (χ3v) is 6.17. The summed E-state index contributed by atoms with van der Waals surface area (Å²) < 4.78 is 6.31. The van der Waals surface area contributed by atoms with E-state index in [0.717, 1.165) is 18.6 Å². The highest BCUT2D eigenvalue weighted by atomic mass is 35.5. The Morgan fingerprint density at radius 3 is 2.43 bits per heavy atom. The van der Waals surface area contributed by atoms with Crippen molar-refractivity contribution in [1.29, 1.82) is 0 Å². The van der Waals surface area contributed by atoms with Crippen LogP contribution in [0, 0.1) is 5.41 Å². The Morgan fingerprint density at radius 2 is 1.71 bits per heavy atom. The monoisotopic (exact) mass is 304 g/mol. The summed E-state index contributed by atoms with van der Waals surface area (Å²) >= 11 is 5.99. The molecule has 1 heterocycles. The van der Waals surface area contributed by atoms with E-state index in [-0.39, 0.29) is 11.4 Å². The van der Waals surface area contributed by atoms with Gasteiger partial charge in [-0.2, -0.15) is 0 Å². The number of benzene rings is 1. The van der Waals surface area contributed by atoms with Crippen molar-refractivity contribution in [2.75, 3.05) is 0 Å². The van der Waals surface area contributed by atoms with Gasteiger partial charge >= 0.3 is 0 Å². The van der Waals surface area contributed by atoms with Gasteiger partial charge in [0.1, 0.15) is 11.4 Å². The van der Waals surface area contributed by atoms with Crippen LogP contribution in [-0.4, -0.2) is 11.4 Å². The first kappa shape index (κ1) is 13.6. The van der Waals surface area contributed by atoms with Gasteiger partial charge < -0.3 is 4.74 Å². The van der Waals surface area contributed by atoms with Gasteiger partial charge in [-0.1, -0.05) is 24.4 Å². The maximum absolute atomic E-state index is 12.5. The predicted octanol–water partition coefficient (Wildman–Crippen LogP) is 5.18. The van der Waals surface area contributed by atoms with Crippen molar-refractivity contribution in [2.24, 2.45) is 5.41 Å². The van der Waals surface area contributed by atoms with E-state index in [0.29, 0.717) is 22.4 Å². The summed E-state index contributed by atoms with van der Waals surface area (Å²) in [6.45, 7) is 0. The number of carbonyl (C=O) groups excluding carboxylic acids is 1. The number of hydrogen-bond donors (Lipinski definition) is 0. The zero-order chi connectivity index (χ0) is 14.5. The fourth-order valence-corrected chi connectivity index (χ4v) is 4.78. The van der Waals surface area contributed by atoms with Gasteiger partial charge in [-0.3, -0.25) is 4.79 Å². The largest absolute Gasteiger partial charge is 0.486 e. The van der Waals surface area contributed by atoms with Crippen LogP contribution in [-0.2, 0) is 0 Å². The summed E-state index contributed by atoms with van der Waals surface area (Å²) in [6, 6.07) is 5.41. The first-order valence-electron chi connectivity index (χ1n) is 8.12. The molecule has 0 radical (unpaired) electrons. The van der Waals surface area contributed by atoms with Crippen LogP contribution in [0.15, 0.2) is 18.2 Å². The van der Waals surface area contributed by atoms with Gasteiger partial charge in [0.05, 0.1) is 12.0 Å². The average molecular weight is 305 g/mol. The molecule has 2 saturated carbocycles. The topological polar surface area (TPSA) is 26.3 Å². The predicted molar refractivity (Wildman–Crippen MR) is 83.1 cm³/mol. The second-order valence-electron chi connectivity index (χ2n) is 7.23. The Bertz CT molecular complexity index is 577. The van der Waals surface area contributed by atoms with Crippen molar-refractivity contribution in [3.63, 3.8) is 0 Å². The molecule has 0 amide bonds. The number of hydrogen-bond acceptors (Lipinski definition) is 2. The van der Waals surface area contributed by atoms with Crippen molar-refractivity contribution in [3.8, 4) is 5.75 Å². The minimum atomic E-state index is -0.244. The molecule has 0 aromatic heterocycles. The smallest absolute Gasteiger partial charge is 0.170 e. The lowest BCUT2D eigenvalue weighted by Crippen LogP contribution is -2.46. The highest BCUT2D eigenvalue weighted by Gasteiger charge is 2.48. The molecule has 4 rings (SSSR count). The number of rotatable bonds is 0. The molecule has 0 N–H and O–H groups in total. The molecular formula is C18H21ClO2. The molecule has 112 valence electrons. The zero-order valence-corrected chi connectivity index (χ0v) is 13.0. The standard InChI is InChI=1S/C18H21ClO2/c19-13-3-4-16-14(11-13)15(20)12-18(21-16)9-7-17(8-10-18)5-1-2-6-17/h3-4,11H,1-2,5-10,12H2. The lowest BCUT2D eigenvalue weighted by atomic mass is 9.66. The van der Waals surface area contributed by atoms with E-state index in [1.54, 1.807) is 6.07 Å². The lowest BCUT2D eigenvalue weighted by Gasteiger charge is -2.46. The fraction of sp³-hybridized carbons (Fsp3) is 0.611. The molecule has 0 bridgehead atoms. The second-order valence-corrected chi connectivity index (χ2v) is 7.67. The van der Waals surface area contributed by atoms with Crippen LogP contribution in [0.3, 0.4) is 0 Å². The average Bonchev–Trinajstić information content (AvgIpc) is 2.93. The van der Waals surface area contributed by atoms with Crippen LogP contribution in [0.2, 0.25) is 5.02 Å². The minimum Gasteiger partial charge on any atom is -0.486 e. The normalized spacial score (nSPS) is 25.9. The van der Waals surface area contributed by atoms with Gasteiger partial charge in [0.2, 0.25) is 0 Å².